The van der Waals surface area contributed by atoms with Gasteiger partial charge in [-0.15, -0.1) is 0 Å². The van der Waals surface area contributed by atoms with Crippen molar-refractivity contribution in [1.82, 2.24) is 15.0 Å². The molecule has 1 unspecified atom stereocenters. The Labute approximate surface area is 237 Å². The predicted octanol–water partition coefficient (Wildman–Crippen LogP) is 8.84. The van der Waals surface area contributed by atoms with E-state index in [1.54, 1.807) is 6.07 Å². The summed E-state index contributed by atoms with van der Waals surface area (Å²) in [7, 11) is 0. The highest BCUT2D eigenvalue weighted by Crippen LogP contribution is 2.38. The molecule has 0 fully saturated rings. The number of fused-ring (bicyclic) bond motifs is 1. The fourth-order valence-corrected chi connectivity index (χ4v) is 4.36. The fraction of sp³-hybridized carbons (Fsp3) is 0.194. The van der Waals surface area contributed by atoms with Gasteiger partial charge in [-0.25, -0.2) is 9.97 Å². The summed E-state index contributed by atoms with van der Waals surface area (Å²) in [6, 6.07) is 22.0. The second-order valence-corrected chi connectivity index (χ2v) is 9.61. The van der Waals surface area contributed by atoms with E-state index in [0.717, 1.165) is 18.6 Å². The summed E-state index contributed by atoms with van der Waals surface area (Å²) in [5.74, 6) is -1.05. The minimum atomic E-state index is -4.61. The molecular weight excluding hydrogens is 558 g/mol. The number of pyridine rings is 1. The lowest BCUT2D eigenvalue weighted by molar-refractivity contribution is -0.146. The summed E-state index contributed by atoms with van der Waals surface area (Å²) in [4.78, 5) is 13.1. The van der Waals surface area contributed by atoms with Crippen LogP contribution < -0.4 is 5.32 Å². The third-order valence-corrected chi connectivity index (χ3v) is 6.64. The van der Waals surface area contributed by atoms with Crippen LogP contribution in [0.5, 0.6) is 0 Å². The molecule has 3 aromatic carbocycles. The molecule has 0 aliphatic heterocycles. The molecule has 1 N–H and O–H groups in total. The Morgan fingerprint density at radius 1 is 0.810 bits per heavy atom. The summed E-state index contributed by atoms with van der Waals surface area (Å²) >= 11 is 0. The zero-order valence-electron chi connectivity index (χ0n) is 22.2. The molecular formula is C31H24F6N4O. The number of nitrogens with one attached hydrogen (secondary N) is 1. The van der Waals surface area contributed by atoms with Crippen molar-refractivity contribution >= 4 is 22.4 Å². The normalized spacial score (nSPS) is 12.8. The van der Waals surface area contributed by atoms with Gasteiger partial charge in [0.05, 0.1) is 29.3 Å². The van der Waals surface area contributed by atoms with Crippen molar-refractivity contribution in [3.63, 3.8) is 0 Å². The van der Waals surface area contributed by atoms with Crippen molar-refractivity contribution in [1.29, 1.82) is 0 Å². The van der Waals surface area contributed by atoms with Crippen molar-refractivity contribution < 1.29 is 31.1 Å². The molecule has 2 heterocycles. The fourth-order valence-electron chi connectivity index (χ4n) is 4.36. The first-order valence-electron chi connectivity index (χ1n) is 12.9. The van der Waals surface area contributed by atoms with Crippen molar-refractivity contribution in [3.8, 4) is 11.3 Å². The van der Waals surface area contributed by atoms with Gasteiger partial charge >= 0.3 is 12.4 Å². The van der Waals surface area contributed by atoms with Gasteiger partial charge in [0.1, 0.15) is 12.4 Å². The van der Waals surface area contributed by atoms with Gasteiger partial charge in [0, 0.05) is 22.8 Å². The zero-order valence-corrected chi connectivity index (χ0v) is 22.2. The van der Waals surface area contributed by atoms with Crippen LogP contribution in [0, 0.1) is 0 Å². The maximum atomic E-state index is 13.7. The van der Waals surface area contributed by atoms with E-state index in [-0.39, 0.29) is 35.9 Å². The number of alkyl halides is 6. The summed E-state index contributed by atoms with van der Waals surface area (Å²) < 4.78 is 86.3. The molecule has 0 amide bonds. The number of benzene rings is 3. The standard InChI is InChI=1S/C31H24F6N4O/c1-19(30(32,33)34)21-9-12-23(13-10-21)39-29-24-14-11-22(28-25(31(35,36)37)8-5-15-38-28)16-26(24)40-27(41-29)18-42-17-20-6-3-2-4-7-20/h2-16,19H,17-18H2,1H3,(H,39,40,41). The van der Waals surface area contributed by atoms with E-state index in [1.165, 1.54) is 48.7 Å². The first kappa shape index (κ1) is 29.0. The maximum absolute atomic E-state index is 13.7. The molecule has 0 aliphatic carbocycles. The van der Waals surface area contributed by atoms with Gasteiger partial charge in [-0.2, -0.15) is 26.3 Å². The predicted molar refractivity (Wildman–Crippen MR) is 147 cm³/mol. The van der Waals surface area contributed by atoms with E-state index in [4.69, 9.17) is 4.74 Å². The maximum Gasteiger partial charge on any atom is 0.418 e. The van der Waals surface area contributed by atoms with Gasteiger partial charge in [-0.1, -0.05) is 48.5 Å². The lowest BCUT2D eigenvalue weighted by Gasteiger charge is -2.17. The molecule has 0 saturated heterocycles. The quantitative estimate of drug-likeness (QED) is 0.185. The van der Waals surface area contributed by atoms with E-state index in [9.17, 15) is 26.3 Å². The molecule has 42 heavy (non-hydrogen) atoms. The van der Waals surface area contributed by atoms with Crippen LogP contribution in [0.1, 0.15) is 35.4 Å². The first-order chi connectivity index (χ1) is 20.0. The summed E-state index contributed by atoms with van der Waals surface area (Å²) in [5.41, 5.74) is 0.939. The molecule has 0 spiro atoms. The Hall–Kier alpha value is -4.51. The molecule has 5 aromatic rings. The smallest absolute Gasteiger partial charge is 0.369 e. The van der Waals surface area contributed by atoms with E-state index >= 15 is 0 Å². The second kappa shape index (κ2) is 11.8. The molecule has 216 valence electrons. The number of rotatable bonds is 8. The molecule has 0 radical (unpaired) electrons. The third kappa shape index (κ3) is 6.68. The van der Waals surface area contributed by atoms with E-state index < -0.39 is 23.8 Å². The molecule has 5 nitrogen and oxygen atoms in total. The van der Waals surface area contributed by atoms with Crippen molar-refractivity contribution in [2.45, 2.75) is 38.4 Å². The summed E-state index contributed by atoms with van der Waals surface area (Å²) in [6.45, 7) is 1.38. The van der Waals surface area contributed by atoms with Gasteiger partial charge in [-0.05, 0) is 54.4 Å². The number of aromatic nitrogens is 3. The van der Waals surface area contributed by atoms with Crippen LogP contribution in [0.25, 0.3) is 22.2 Å². The van der Waals surface area contributed by atoms with Crippen LogP contribution in [-0.2, 0) is 24.1 Å². The van der Waals surface area contributed by atoms with Crippen LogP contribution in [0.3, 0.4) is 0 Å². The monoisotopic (exact) mass is 582 g/mol. The van der Waals surface area contributed by atoms with Crippen molar-refractivity contribution in [3.05, 3.63) is 114 Å². The third-order valence-electron chi connectivity index (χ3n) is 6.64. The highest BCUT2D eigenvalue weighted by atomic mass is 19.4. The number of hydrogen-bond donors (Lipinski definition) is 1. The molecule has 1 atom stereocenters. The van der Waals surface area contributed by atoms with Crippen molar-refractivity contribution in [2.24, 2.45) is 0 Å². The van der Waals surface area contributed by atoms with Gasteiger partial charge in [0.25, 0.3) is 0 Å². The number of anilines is 2. The number of nitrogens with zero attached hydrogens (tertiary/aromatic N) is 3. The number of ether oxygens (including phenoxy) is 1. The van der Waals surface area contributed by atoms with Gasteiger partial charge < -0.3 is 10.1 Å². The topological polar surface area (TPSA) is 59.9 Å². The Bertz CT molecular complexity index is 1670. The van der Waals surface area contributed by atoms with Crippen LogP contribution in [0.2, 0.25) is 0 Å². The van der Waals surface area contributed by atoms with Crippen LogP contribution in [0.4, 0.5) is 37.8 Å². The average Bonchev–Trinajstić information content (AvgIpc) is 2.96. The highest BCUT2D eigenvalue weighted by molar-refractivity contribution is 5.93. The van der Waals surface area contributed by atoms with E-state index in [2.05, 4.69) is 20.3 Å². The van der Waals surface area contributed by atoms with E-state index in [1.807, 2.05) is 30.3 Å². The van der Waals surface area contributed by atoms with E-state index in [0.29, 0.717) is 22.4 Å². The minimum Gasteiger partial charge on any atom is -0.369 e. The summed E-state index contributed by atoms with van der Waals surface area (Å²) in [5, 5.41) is 3.60. The molecule has 5 rings (SSSR count). The lowest BCUT2D eigenvalue weighted by atomic mass is 10.0. The van der Waals surface area contributed by atoms with Gasteiger partial charge in [0.15, 0.2) is 5.82 Å². The van der Waals surface area contributed by atoms with Crippen LogP contribution >= 0.6 is 0 Å². The average molecular weight is 583 g/mol. The SMILES string of the molecule is CC(c1ccc(Nc2nc(COCc3ccccc3)nc3cc(-c4ncccc4C(F)(F)F)ccc23)cc1)C(F)(F)F. The Balaban J connectivity index is 1.51. The number of hydrogen-bond acceptors (Lipinski definition) is 5. The number of halogens is 6. The van der Waals surface area contributed by atoms with Gasteiger partial charge in [-0.3, -0.25) is 4.98 Å². The van der Waals surface area contributed by atoms with Gasteiger partial charge in [0.2, 0.25) is 0 Å². The molecule has 11 heteroatoms. The Kier molecular flexibility index (Phi) is 8.13. The summed E-state index contributed by atoms with van der Waals surface area (Å²) in [6.07, 6.45) is -7.69. The Morgan fingerprint density at radius 3 is 2.24 bits per heavy atom. The first-order valence-corrected chi connectivity index (χ1v) is 12.9. The highest BCUT2D eigenvalue weighted by Gasteiger charge is 2.37. The minimum absolute atomic E-state index is 0.00314. The van der Waals surface area contributed by atoms with Crippen molar-refractivity contribution in [2.75, 3.05) is 5.32 Å². The second-order valence-electron chi connectivity index (χ2n) is 9.61. The molecule has 0 bridgehead atoms. The van der Waals surface area contributed by atoms with Crippen LogP contribution in [0.15, 0.2) is 91.1 Å². The Morgan fingerprint density at radius 2 is 1.55 bits per heavy atom. The molecule has 2 aromatic heterocycles. The molecule has 0 aliphatic rings. The molecule has 0 saturated carbocycles. The van der Waals surface area contributed by atoms with Crippen LogP contribution in [-0.4, -0.2) is 21.1 Å². The largest absolute Gasteiger partial charge is 0.418 e. The zero-order chi connectivity index (χ0) is 29.9. The lowest BCUT2D eigenvalue weighted by Crippen LogP contribution is -2.17.